The maximum absolute atomic E-state index is 13.2. The Morgan fingerprint density at radius 1 is 0.517 bits per heavy atom. The van der Waals surface area contributed by atoms with Gasteiger partial charge < -0.3 is 24.7 Å². The molecule has 0 radical (unpaired) electrons. The molecule has 2 N–H and O–H groups in total. The zero-order valence-electron chi connectivity index (χ0n) is 39.3. The topological polar surface area (TPSA) is 134 Å². The summed E-state index contributed by atoms with van der Waals surface area (Å²) in [7, 11) is 0. The first kappa shape index (κ1) is 55.8. The van der Waals surface area contributed by atoms with Crippen LogP contribution in [0.5, 0.6) is 0 Å². The zero-order valence-corrected chi connectivity index (χ0v) is 39.3. The van der Waals surface area contributed by atoms with E-state index in [2.05, 4.69) is 25.7 Å². The highest BCUT2D eigenvalue weighted by atomic mass is 16.6. The molecule has 1 fully saturated rings. The molecule has 0 bridgehead atoms. The van der Waals surface area contributed by atoms with Crippen LogP contribution in [0.2, 0.25) is 0 Å². The molecule has 10 heteroatoms. The van der Waals surface area contributed by atoms with Gasteiger partial charge in [-0.1, -0.05) is 162 Å². The number of carbonyl (C=O) groups is 4. The van der Waals surface area contributed by atoms with Crippen LogP contribution in [0.25, 0.3) is 0 Å². The van der Waals surface area contributed by atoms with Crippen molar-refractivity contribution >= 4 is 23.9 Å². The molecule has 1 heterocycles. The molecule has 0 amide bonds. The maximum Gasteiger partial charge on any atom is 0.323 e. The molecule has 10 nitrogen and oxygen atoms in total. The van der Waals surface area contributed by atoms with Crippen LogP contribution in [0, 0.1) is 0 Å². The van der Waals surface area contributed by atoms with Gasteiger partial charge in [0.05, 0.1) is 19.6 Å². The molecule has 0 saturated carbocycles. The van der Waals surface area contributed by atoms with E-state index in [4.69, 9.17) is 24.7 Å². The van der Waals surface area contributed by atoms with E-state index in [0.29, 0.717) is 45.6 Å². The molecule has 1 unspecified atom stereocenters. The molecule has 2 atom stereocenters. The summed E-state index contributed by atoms with van der Waals surface area (Å²) in [5.41, 5.74) is 5.55. The molecule has 1 saturated heterocycles. The Morgan fingerprint density at radius 3 is 1.50 bits per heavy atom. The van der Waals surface area contributed by atoms with Gasteiger partial charge >= 0.3 is 23.9 Å². The highest BCUT2D eigenvalue weighted by Crippen LogP contribution is 2.24. The number of nitrogens with zero attached hydrogens (tertiary/aromatic N) is 1. The number of ether oxygens (including phenoxy) is 4. The van der Waals surface area contributed by atoms with Gasteiger partial charge in [0.15, 0.2) is 0 Å². The number of hydrogen-bond donors (Lipinski definition) is 1. The second-order valence-corrected chi connectivity index (χ2v) is 17.7. The normalized spacial score (nSPS) is 15.4. The molecule has 0 aromatic rings. The molecule has 0 aromatic carbocycles. The van der Waals surface area contributed by atoms with Crippen LogP contribution < -0.4 is 5.73 Å². The second-order valence-electron chi connectivity index (χ2n) is 17.7. The summed E-state index contributed by atoms with van der Waals surface area (Å²) in [5.74, 6) is -0.799. The van der Waals surface area contributed by atoms with Gasteiger partial charge in [0.2, 0.25) is 0 Å². The zero-order chi connectivity index (χ0) is 43.7. The first-order valence-electron chi connectivity index (χ1n) is 25.5. The van der Waals surface area contributed by atoms with E-state index in [-0.39, 0.29) is 49.1 Å². The van der Waals surface area contributed by atoms with Crippen molar-refractivity contribution in [1.29, 1.82) is 0 Å². The highest BCUT2D eigenvalue weighted by Gasteiger charge is 2.39. The molecule has 60 heavy (non-hydrogen) atoms. The van der Waals surface area contributed by atoms with Crippen molar-refractivity contribution in [1.82, 2.24) is 4.90 Å². The van der Waals surface area contributed by atoms with Gasteiger partial charge in [-0.2, -0.15) is 0 Å². The quantitative estimate of drug-likeness (QED) is 0.0359. The maximum atomic E-state index is 13.2. The highest BCUT2D eigenvalue weighted by molar-refractivity contribution is 5.76. The van der Waals surface area contributed by atoms with Gasteiger partial charge in [0, 0.05) is 32.4 Å². The van der Waals surface area contributed by atoms with Gasteiger partial charge in [-0.3, -0.25) is 24.1 Å². The van der Waals surface area contributed by atoms with Crippen LogP contribution in [0.1, 0.15) is 245 Å². The van der Waals surface area contributed by atoms with E-state index < -0.39 is 6.04 Å². The fraction of sp³-hybridized carbons (Fsp3) is 0.920. The molecule has 1 rings (SSSR count). The first-order chi connectivity index (χ1) is 29.3. The molecule has 1 aliphatic rings. The van der Waals surface area contributed by atoms with Crippen LogP contribution >= 0.6 is 0 Å². The van der Waals surface area contributed by atoms with Crippen LogP contribution in [0.15, 0.2) is 0 Å². The number of nitrogens with two attached hydrogens (primary N) is 1. The minimum Gasteiger partial charge on any atom is -0.466 e. The van der Waals surface area contributed by atoms with Crippen LogP contribution in [0.4, 0.5) is 0 Å². The van der Waals surface area contributed by atoms with E-state index in [0.717, 1.165) is 89.9 Å². The predicted molar refractivity (Wildman–Crippen MR) is 245 cm³/mol. The second kappa shape index (κ2) is 40.8. The van der Waals surface area contributed by atoms with Gasteiger partial charge in [-0.25, -0.2) is 0 Å². The molecular weight excluding hydrogens is 757 g/mol. The number of esters is 4. The SMILES string of the molecule is CCCCCCCCCCCOC(=O)CCCCCN1CC(OC(=O)CCN)C[C@H]1C(=O)OCCCCCCCC(=O)OC(CCCCCCCC)CCCCCCCC. The van der Waals surface area contributed by atoms with Crippen molar-refractivity contribution in [2.75, 3.05) is 32.8 Å². The Bertz CT molecular complexity index is 1030. The van der Waals surface area contributed by atoms with Crippen molar-refractivity contribution in [3.8, 4) is 0 Å². The predicted octanol–water partition coefficient (Wildman–Crippen LogP) is 12.3. The lowest BCUT2D eigenvalue weighted by atomic mass is 10.0. The third-order valence-corrected chi connectivity index (χ3v) is 11.9. The lowest BCUT2D eigenvalue weighted by Crippen LogP contribution is -2.38. The minimum absolute atomic E-state index is 0.0545. The fourth-order valence-corrected chi connectivity index (χ4v) is 8.22. The average molecular weight is 851 g/mol. The van der Waals surface area contributed by atoms with Gasteiger partial charge in [-0.15, -0.1) is 0 Å². The number of rotatable bonds is 43. The Kier molecular flexibility index (Phi) is 38.0. The molecule has 0 aromatic heterocycles. The van der Waals surface area contributed by atoms with E-state index in [1.54, 1.807) is 0 Å². The van der Waals surface area contributed by atoms with E-state index >= 15 is 0 Å². The van der Waals surface area contributed by atoms with E-state index in [1.165, 1.54) is 109 Å². The Balaban J connectivity index is 2.33. The third-order valence-electron chi connectivity index (χ3n) is 11.9. The summed E-state index contributed by atoms with van der Waals surface area (Å²) in [6, 6.07) is -0.459. The van der Waals surface area contributed by atoms with Gasteiger partial charge in [0.1, 0.15) is 18.2 Å². The first-order valence-corrected chi connectivity index (χ1v) is 25.5. The minimum atomic E-state index is -0.459. The summed E-state index contributed by atoms with van der Waals surface area (Å²) in [6.45, 7) is 8.96. The smallest absolute Gasteiger partial charge is 0.323 e. The van der Waals surface area contributed by atoms with E-state index in [9.17, 15) is 19.2 Å². The molecule has 1 aliphatic heterocycles. The van der Waals surface area contributed by atoms with Crippen LogP contribution in [-0.4, -0.2) is 79.9 Å². The van der Waals surface area contributed by atoms with Crippen molar-refractivity contribution < 1.29 is 38.1 Å². The average Bonchev–Trinajstić information content (AvgIpc) is 3.63. The van der Waals surface area contributed by atoms with Crippen LogP contribution in [0.3, 0.4) is 0 Å². The van der Waals surface area contributed by atoms with Gasteiger partial charge in [0.25, 0.3) is 0 Å². The summed E-state index contributed by atoms with van der Waals surface area (Å²) >= 11 is 0. The fourth-order valence-electron chi connectivity index (χ4n) is 8.22. The van der Waals surface area contributed by atoms with E-state index in [1.807, 2.05) is 0 Å². The Labute approximate surface area is 368 Å². The summed E-state index contributed by atoms with van der Waals surface area (Å²) in [4.78, 5) is 52.5. The third kappa shape index (κ3) is 32.5. The molecule has 0 aliphatic carbocycles. The largest absolute Gasteiger partial charge is 0.466 e. The van der Waals surface area contributed by atoms with Crippen LogP contribution in [-0.2, 0) is 38.1 Å². The Hall–Kier alpha value is -2.20. The van der Waals surface area contributed by atoms with Crippen molar-refractivity contribution in [3.63, 3.8) is 0 Å². The number of likely N-dealkylation sites (tertiary alicyclic amines) is 1. The summed E-state index contributed by atoms with van der Waals surface area (Å²) < 4.78 is 22.8. The van der Waals surface area contributed by atoms with Crippen molar-refractivity contribution in [2.24, 2.45) is 5.73 Å². The standard InChI is InChI=1S/C50H94N2O8/c1-4-7-10-13-16-17-18-23-31-40-57-47(53)35-29-25-30-39-52-43-45(60-49(55)37-38-51)42-46(52)50(56)58-41-32-24-19-22-28-36-48(54)59-44(33-26-20-14-11-8-5-2)34-27-21-15-12-9-6-3/h44-46H,4-43,51H2,1-3H3/t45?,46-/m0/s1. The summed E-state index contributed by atoms with van der Waals surface area (Å²) in [6.07, 6.45) is 36.1. The lowest BCUT2D eigenvalue weighted by Gasteiger charge is -2.22. The number of carbonyl (C=O) groups excluding carboxylic acids is 4. The Morgan fingerprint density at radius 2 is 0.967 bits per heavy atom. The number of hydrogen-bond acceptors (Lipinski definition) is 10. The van der Waals surface area contributed by atoms with Gasteiger partial charge in [-0.05, 0) is 64.3 Å². The monoisotopic (exact) mass is 851 g/mol. The molecular formula is C50H94N2O8. The summed E-state index contributed by atoms with van der Waals surface area (Å²) in [5, 5.41) is 0. The molecule has 352 valence electrons. The van der Waals surface area contributed by atoms with Crippen molar-refractivity contribution in [3.05, 3.63) is 0 Å². The lowest BCUT2D eigenvalue weighted by molar-refractivity contribution is -0.151. The number of unbranched alkanes of at least 4 members (excludes halogenated alkanes) is 24. The van der Waals surface area contributed by atoms with Crippen molar-refractivity contribution in [2.45, 2.75) is 264 Å². The molecule has 0 spiro atoms.